The fourth-order valence-electron chi connectivity index (χ4n) is 2.17. The number of aromatic carboxylic acids is 1. The number of hydrogen-bond acceptors (Lipinski definition) is 3. The van der Waals surface area contributed by atoms with Crippen LogP contribution in [0.25, 0.3) is 0 Å². The van der Waals surface area contributed by atoms with Crippen molar-refractivity contribution in [2.45, 2.75) is 20.8 Å². The highest BCUT2D eigenvalue weighted by Gasteiger charge is 2.18. The molecule has 104 valence electrons. The number of carbonyl (C=O) groups is 1. The maximum atomic E-state index is 11.4. The van der Waals surface area contributed by atoms with Gasteiger partial charge in [0, 0.05) is 17.9 Å². The molecule has 0 saturated heterocycles. The molecule has 2 rings (SSSR count). The number of nitrogens with zero attached hydrogens (tertiary/aromatic N) is 2. The lowest BCUT2D eigenvalue weighted by molar-refractivity contribution is 0.0697. The van der Waals surface area contributed by atoms with Gasteiger partial charge in [-0.25, -0.2) is 9.78 Å². The van der Waals surface area contributed by atoms with Gasteiger partial charge in [-0.3, -0.25) is 0 Å². The first-order valence-corrected chi connectivity index (χ1v) is 6.58. The second kappa shape index (κ2) is 5.74. The standard InChI is InChI=1S/C16H18N2O2/c1-4-18(13-7-5-6-11(2)10-13)15-14(16(19)20)9-8-12(3)17-15/h5-10H,4H2,1-3H3,(H,19,20). The molecule has 1 N–H and O–H groups in total. The number of benzene rings is 1. The lowest BCUT2D eigenvalue weighted by Crippen LogP contribution is -2.21. The van der Waals surface area contributed by atoms with Gasteiger partial charge in [-0.2, -0.15) is 0 Å². The van der Waals surface area contributed by atoms with Crippen LogP contribution in [0.4, 0.5) is 11.5 Å². The van der Waals surface area contributed by atoms with Gasteiger partial charge >= 0.3 is 5.97 Å². The first-order chi connectivity index (χ1) is 9.52. The van der Waals surface area contributed by atoms with E-state index in [0.29, 0.717) is 12.4 Å². The summed E-state index contributed by atoms with van der Waals surface area (Å²) in [6.45, 7) is 6.51. The average molecular weight is 270 g/mol. The summed E-state index contributed by atoms with van der Waals surface area (Å²) in [5.41, 5.74) is 3.11. The molecule has 1 aromatic carbocycles. The van der Waals surface area contributed by atoms with Crippen molar-refractivity contribution in [1.29, 1.82) is 0 Å². The highest BCUT2D eigenvalue weighted by molar-refractivity contribution is 5.94. The van der Waals surface area contributed by atoms with E-state index in [9.17, 15) is 9.90 Å². The summed E-state index contributed by atoms with van der Waals surface area (Å²) in [5.74, 6) is -0.468. The SMILES string of the molecule is CCN(c1cccc(C)c1)c1nc(C)ccc1C(=O)O. The summed E-state index contributed by atoms with van der Waals surface area (Å²) >= 11 is 0. The number of aromatic nitrogens is 1. The zero-order chi connectivity index (χ0) is 14.7. The maximum Gasteiger partial charge on any atom is 0.339 e. The third-order valence-corrected chi connectivity index (χ3v) is 3.13. The minimum atomic E-state index is -0.960. The number of rotatable bonds is 4. The summed E-state index contributed by atoms with van der Waals surface area (Å²) in [7, 11) is 0. The number of carboxylic acids is 1. The number of carboxylic acid groups (broad SMARTS) is 1. The predicted molar refractivity (Wildman–Crippen MR) is 79.8 cm³/mol. The summed E-state index contributed by atoms with van der Waals surface area (Å²) < 4.78 is 0. The highest BCUT2D eigenvalue weighted by Crippen LogP contribution is 2.27. The zero-order valence-corrected chi connectivity index (χ0v) is 11.9. The molecule has 4 nitrogen and oxygen atoms in total. The second-order valence-corrected chi connectivity index (χ2v) is 4.71. The number of pyridine rings is 1. The quantitative estimate of drug-likeness (QED) is 0.923. The molecule has 1 aromatic heterocycles. The fraction of sp³-hybridized carbons (Fsp3) is 0.250. The molecule has 20 heavy (non-hydrogen) atoms. The predicted octanol–water partition coefficient (Wildman–Crippen LogP) is 3.55. The minimum absolute atomic E-state index is 0.221. The Balaban J connectivity index is 2.57. The molecule has 1 heterocycles. The van der Waals surface area contributed by atoms with Crippen molar-refractivity contribution in [3.05, 3.63) is 53.2 Å². The van der Waals surface area contributed by atoms with E-state index < -0.39 is 5.97 Å². The molecule has 0 amide bonds. The Morgan fingerprint density at radius 2 is 2.00 bits per heavy atom. The number of aryl methyl sites for hydroxylation is 2. The van der Waals surface area contributed by atoms with Gasteiger partial charge in [0.15, 0.2) is 0 Å². The van der Waals surface area contributed by atoms with Crippen molar-refractivity contribution in [2.75, 3.05) is 11.4 Å². The second-order valence-electron chi connectivity index (χ2n) is 4.71. The lowest BCUT2D eigenvalue weighted by Gasteiger charge is -2.24. The van der Waals surface area contributed by atoms with Crippen LogP contribution in [-0.2, 0) is 0 Å². The van der Waals surface area contributed by atoms with Gasteiger partial charge in [0.05, 0.1) is 0 Å². The third-order valence-electron chi connectivity index (χ3n) is 3.13. The summed E-state index contributed by atoms with van der Waals surface area (Å²) in [5, 5.41) is 9.34. The number of anilines is 2. The van der Waals surface area contributed by atoms with Gasteiger partial charge in [0.2, 0.25) is 0 Å². The van der Waals surface area contributed by atoms with Crippen LogP contribution in [0.5, 0.6) is 0 Å². The molecule has 0 aliphatic carbocycles. The summed E-state index contributed by atoms with van der Waals surface area (Å²) in [4.78, 5) is 17.7. The first kappa shape index (κ1) is 14.1. The average Bonchev–Trinajstić information content (AvgIpc) is 2.39. The smallest absolute Gasteiger partial charge is 0.339 e. The maximum absolute atomic E-state index is 11.4. The van der Waals surface area contributed by atoms with Crippen LogP contribution >= 0.6 is 0 Å². The van der Waals surface area contributed by atoms with Crippen LogP contribution in [0.2, 0.25) is 0 Å². The van der Waals surface area contributed by atoms with Gasteiger partial charge in [0.25, 0.3) is 0 Å². The molecule has 0 radical (unpaired) electrons. The summed E-state index contributed by atoms with van der Waals surface area (Å²) in [6, 6.07) is 11.3. The van der Waals surface area contributed by atoms with Gasteiger partial charge < -0.3 is 10.0 Å². The monoisotopic (exact) mass is 270 g/mol. The van der Waals surface area contributed by atoms with Crippen molar-refractivity contribution in [1.82, 2.24) is 4.98 Å². The molecule has 0 fully saturated rings. The Morgan fingerprint density at radius 1 is 1.25 bits per heavy atom. The molecule has 0 unspecified atom stereocenters. The van der Waals surface area contributed by atoms with Crippen LogP contribution in [0.15, 0.2) is 36.4 Å². The van der Waals surface area contributed by atoms with E-state index in [2.05, 4.69) is 4.98 Å². The normalized spacial score (nSPS) is 10.3. The Hall–Kier alpha value is -2.36. The van der Waals surface area contributed by atoms with E-state index in [4.69, 9.17) is 0 Å². The molecule has 0 atom stereocenters. The van der Waals surface area contributed by atoms with Gasteiger partial charge in [-0.05, 0) is 50.6 Å². The molecular weight excluding hydrogens is 252 g/mol. The van der Waals surface area contributed by atoms with E-state index in [1.807, 2.05) is 49.9 Å². The Kier molecular flexibility index (Phi) is 4.03. The molecule has 0 bridgehead atoms. The molecule has 4 heteroatoms. The van der Waals surface area contributed by atoms with Crippen molar-refractivity contribution in [2.24, 2.45) is 0 Å². The Labute approximate surface area is 118 Å². The van der Waals surface area contributed by atoms with Crippen LogP contribution < -0.4 is 4.90 Å². The largest absolute Gasteiger partial charge is 0.478 e. The summed E-state index contributed by atoms with van der Waals surface area (Å²) in [6.07, 6.45) is 0. The van der Waals surface area contributed by atoms with E-state index >= 15 is 0 Å². The zero-order valence-electron chi connectivity index (χ0n) is 11.9. The van der Waals surface area contributed by atoms with E-state index in [-0.39, 0.29) is 5.56 Å². The molecule has 2 aromatic rings. The molecule has 0 spiro atoms. The van der Waals surface area contributed by atoms with E-state index in [0.717, 1.165) is 16.9 Å². The first-order valence-electron chi connectivity index (χ1n) is 6.58. The topological polar surface area (TPSA) is 53.4 Å². The van der Waals surface area contributed by atoms with E-state index in [1.54, 1.807) is 12.1 Å². The molecule has 0 saturated carbocycles. The molecule has 0 aliphatic heterocycles. The molecule has 0 aliphatic rings. The number of hydrogen-bond donors (Lipinski definition) is 1. The van der Waals surface area contributed by atoms with Gasteiger partial charge in [-0.15, -0.1) is 0 Å². The van der Waals surface area contributed by atoms with E-state index in [1.165, 1.54) is 0 Å². The van der Waals surface area contributed by atoms with Crippen molar-refractivity contribution in [3.63, 3.8) is 0 Å². The van der Waals surface area contributed by atoms with Gasteiger partial charge in [0.1, 0.15) is 11.4 Å². The van der Waals surface area contributed by atoms with Crippen molar-refractivity contribution >= 4 is 17.5 Å². The van der Waals surface area contributed by atoms with Gasteiger partial charge in [-0.1, -0.05) is 12.1 Å². The van der Waals surface area contributed by atoms with Crippen molar-refractivity contribution < 1.29 is 9.90 Å². The third kappa shape index (κ3) is 2.79. The van der Waals surface area contributed by atoms with Crippen molar-refractivity contribution in [3.8, 4) is 0 Å². The van der Waals surface area contributed by atoms with Crippen LogP contribution in [0, 0.1) is 13.8 Å². The minimum Gasteiger partial charge on any atom is -0.478 e. The fourth-order valence-corrected chi connectivity index (χ4v) is 2.17. The Bertz CT molecular complexity index is 638. The van der Waals surface area contributed by atoms with Crippen LogP contribution in [0.3, 0.4) is 0 Å². The Morgan fingerprint density at radius 3 is 2.60 bits per heavy atom. The van der Waals surface area contributed by atoms with Crippen LogP contribution in [-0.4, -0.2) is 22.6 Å². The highest BCUT2D eigenvalue weighted by atomic mass is 16.4. The lowest BCUT2D eigenvalue weighted by atomic mass is 10.1. The molecular formula is C16H18N2O2. The van der Waals surface area contributed by atoms with Crippen LogP contribution in [0.1, 0.15) is 28.5 Å².